The summed E-state index contributed by atoms with van der Waals surface area (Å²) in [4.78, 5) is 47.5. The molecule has 2 aromatic rings. The number of rotatable bonds is 3. The molecule has 0 spiro atoms. The molecule has 8 heteroatoms. The van der Waals surface area contributed by atoms with Gasteiger partial charge in [-0.25, -0.2) is 9.78 Å². The van der Waals surface area contributed by atoms with Crippen LogP contribution in [0.1, 0.15) is 30.1 Å². The molecule has 0 aliphatic carbocycles. The molecule has 2 N–H and O–H groups in total. The summed E-state index contributed by atoms with van der Waals surface area (Å²) in [5, 5.41) is 0. The molecule has 1 atom stereocenters. The van der Waals surface area contributed by atoms with Crippen LogP contribution in [-0.4, -0.2) is 43.4 Å². The second kappa shape index (κ2) is 6.23. The van der Waals surface area contributed by atoms with Crippen LogP contribution < -0.4 is 11.2 Å². The molecule has 3 rings (SSSR count). The second-order valence-corrected chi connectivity index (χ2v) is 5.81. The van der Waals surface area contributed by atoms with E-state index in [1.54, 1.807) is 17.3 Å². The number of H-pyrrole nitrogens is 2. The largest absolute Gasteiger partial charge is 0.348 e. The summed E-state index contributed by atoms with van der Waals surface area (Å²) in [6.07, 6.45) is 6.70. The molecule has 0 radical (unpaired) electrons. The molecular weight excluding hydrogens is 298 g/mol. The monoisotopic (exact) mass is 317 g/mol. The van der Waals surface area contributed by atoms with Crippen LogP contribution in [0.25, 0.3) is 0 Å². The van der Waals surface area contributed by atoms with Gasteiger partial charge in [0.25, 0.3) is 5.56 Å². The Kier molecular flexibility index (Phi) is 4.14. The standard InChI is InChI=1S/C15H19N5O3/c1-19-14(22)11(8-18-15(19)23)7-12(21)20-6-2-3-10(9-20)13-16-4-5-17-13/h4-5,8,10H,2-3,6-7,9H2,1H3,(H,16,17)(H,18,23)/t10-/m1/s1. The first-order chi connectivity index (χ1) is 11.1. The number of nitrogens with one attached hydrogen (secondary N) is 2. The molecule has 0 aromatic carbocycles. The van der Waals surface area contributed by atoms with Crippen molar-refractivity contribution in [3.05, 3.63) is 50.8 Å². The first-order valence-corrected chi connectivity index (χ1v) is 7.61. The zero-order valence-corrected chi connectivity index (χ0v) is 12.9. The van der Waals surface area contributed by atoms with Crippen molar-refractivity contribution in [1.82, 2.24) is 24.4 Å². The first kappa shape index (κ1) is 15.3. The number of carbonyl (C=O) groups excluding carboxylic acids is 1. The summed E-state index contributed by atoms with van der Waals surface area (Å²) >= 11 is 0. The van der Waals surface area contributed by atoms with E-state index in [-0.39, 0.29) is 18.2 Å². The maximum Gasteiger partial charge on any atom is 0.328 e. The van der Waals surface area contributed by atoms with Crippen molar-refractivity contribution in [2.45, 2.75) is 25.2 Å². The van der Waals surface area contributed by atoms with Gasteiger partial charge in [0.05, 0.1) is 6.42 Å². The minimum absolute atomic E-state index is 0.00563. The van der Waals surface area contributed by atoms with E-state index in [2.05, 4.69) is 15.0 Å². The fourth-order valence-corrected chi connectivity index (χ4v) is 2.94. The molecule has 1 amide bonds. The van der Waals surface area contributed by atoms with Crippen molar-refractivity contribution in [2.75, 3.05) is 13.1 Å². The van der Waals surface area contributed by atoms with E-state index >= 15 is 0 Å². The Morgan fingerprint density at radius 2 is 2.22 bits per heavy atom. The summed E-state index contributed by atoms with van der Waals surface area (Å²) in [5.74, 6) is 0.981. The fourth-order valence-electron chi connectivity index (χ4n) is 2.94. The second-order valence-electron chi connectivity index (χ2n) is 5.81. The van der Waals surface area contributed by atoms with Crippen LogP contribution in [0.15, 0.2) is 28.2 Å². The van der Waals surface area contributed by atoms with Crippen molar-refractivity contribution in [2.24, 2.45) is 7.05 Å². The number of hydrogen-bond acceptors (Lipinski definition) is 4. The average molecular weight is 317 g/mol. The molecule has 1 aliphatic rings. The average Bonchev–Trinajstić information content (AvgIpc) is 3.10. The van der Waals surface area contributed by atoms with Gasteiger partial charge in [-0.15, -0.1) is 0 Å². The lowest BCUT2D eigenvalue weighted by Crippen LogP contribution is -2.42. The van der Waals surface area contributed by atoms with Crippen LogP contribution in [0, 0.1) is 0 Å². The molecule has 3 heterocycles. The summed E-state index contributed by atoms with van der Waals surface area (Å²) in [7, 11) is 1.39. The topological polar surface area (TPSA) is 104 Å². The molecular formula is C15H19N5O3. The van der Waals surface area contributed by atoms with E-state index in [0.29, 0.717) is 18.7 Å². The smallest absolute Gasteiger partial charge is 0.328 e. The Morgan fingerprint density at radius 3 is 2.96 bits per heavy atom. The van der Waals surface area contributed by atoms with Gasteiger partial charge < -0.3 is 14.9 Å². The Morgan fingerprint density at radius 1 is 1.39 bits per heavy atom. The third kappa shape index (κ3) is 3.10. The molecule has 0 bridgehead atoms. The van der Waals surface area contributed by atoms with Crippen LogP contribution in [0.4, 0.5) is 0 Å². The quantitative estimate of drug-likeness (QED) is 0.814. The highest BCUT2D eigenvalue weighted by Gasteiger charge is 2.26. The highest BCUT2D eigenvalue weighted by atomic mass is 16.2. The highest BCUT2D eigenvalue weighted by Crippen LogP contribution is 2.24. The van der Waals surface area contributed by atoms with Gasteiger partial charge in [0.1, 0.15) is 5.82 Å². The third-order valence-electron chi connectivity index (χ3n) is 4.28. The number of likely N-dealkylation sites (tertiary alicyclic amines) is 1. The number of carbonyl (C=O) groups is 1. The van der Waals surface area contributed by atoms with Gasteiger partial charge in [0.15, 0.2) is 0 Å². The normalized spacial score (nSPS) is 18.1. The van der Waals surface area contributed by atoms with Gasteiger partial charge in [-0.05, 0) is 12.8 Å². The molecule has 2 aromatic heterocycles. The van der Waals surface area contributed by atoms with Gasteiger partial charge in [-0.3, -0.25) is 14.2 Å². The Balaban J connectivity index is 1.72. The highest BCUT2D eigenvalue weighted by molar-refractivity contribution is 5.78. The van der Waals surface area contributed by atoms with Crippen LogP contribution in [0.2, 0.25) is 0 Å². The molecule has 122 valence electrons. The lowest BCUT2D eigenvalue weighted by atomic mass is 9.97. The predicted molar refractivity (Wildman–Crippen MR) is 83.2 cm³/mol. The Hall–Kier alpha value is -2.64. The summed E-state index contributed by atoms with van der Waals surface area (Å²) in [6.45, 7) is 1.27. The van der Waals surface area contributed by atoms with Gasteiger partial charge >= 0.3 is 5.69 Å². The van der Waals surface area contributed by atoms with Crippen LogP contribution in [0.3, 0.4) is 0 Å². The number of aromatic amines is 2. The fraction of sp³-hybridized carbons (Fsp3) is 0.467. The summed E-state index contributed by atoms with van der Waals surface area (Å²) < 4.78 is 0.977. The van der Waals surface area contributed by atoms with Gasteiger partial charge in [-0.2, -0.15) is 0 Å². The number of nitrogens with zero attached hydrogens (tertiary/aromatic N) is 3. The zero-order valence-electron chi connectivity index (χ0n) is 12.9. The van der Waals surface area contributed by atoms with Gasteiger partial charge in [-0.1, -0.05) is 0 Å². The summed E-state index contributed by atoms with van der Waals surface area (Å²) in [6, 6.07) is 0. The number of hydrogen-bond donors (Lipinski definition) is 2. The molecule has 23 heavy (non-hydrogen) atoms. The number of piperidine rings is 1. The minimum atomic E-state index is -0.484. The van der Waals surface area contributed by atoms with E-state index in [4.69, 9.17) is 0 Å². The maximum absolute atomic E-state index is 12.5. The van der Waals surface area contributed by atoms with Gasteiger partial charge in [0, 0.05) is 50.2 Å². The Bertz CT molecular complexity index is 805. The number of imidazole rings is 1. The molecule has 1 fully saturated rings. The van der Waals surface area contributed by atoms with Crippen molar-refractivity contribution in [3.8, 4) is 0 Å². The molecule has 1 aliphatic heterocycles. The van der Waals surface area contributed by atoms with E-state index in [1.807, 2.05) is 0 Å². The zero-order chi connectivity index (χ0) is 16.4. The molecule has 0 saturated carbocycles. The molecule has 0 unspecified atom stereocenters. The van der Waals surface area contributed by atoms with Gasteiger partial charge in [0.2, 0.25) is 5.91 Å². The SMILES string of the molecule is Cn1c(=O)[nH]cc(CC(=O)N2CCC[C@@H](c3ncc[nH]3)C2)c1=O. The van der Waals surface area contributed by atoms with Crippen LogP contribution >= 0.6 is 0 Å². The third-order valence-corrected chi connectivity index (χ3v) is 4.28. The van der Waals surface area contributed by atoms with Crippen molar-refractivity contribution in [1.29, 1.82) is 0 Å². The van der Waals surface area contributed by atoms with Crippen molar-refractivity contribution < 1.29 is 4.79 Å². The van der Waals surface area contributed by atoms with Crippen LogP contribution in [0.5, 0.6) is 0 Å². The maximum atomic E-state index is 12.5. The van der Waals surface area contributed by atoms with Crippen molar-refractivity contribution >= 4 is 5.91 Å². The number of aromatic nitrogens is 4. The lowest BCUT2D eigenvalue weighted by molar-refractivity contribution is -0.131. The Labute approximate surface area is 132 Å². The number of amides is 1. The van der Waals surface area contributed by atoms with Crippen LogP contribution in [-0.2, 0) is 18.3 Å². The predicted octanol–water partition coefficient (Wildman–Crippen LogP) is -0.255. The van der Waals surface area contributed by atoms with E-state index in [0.717, 1.165) is 23.2 Å². The summed E-state index contributed by atoms with van der Waals surface area (Å²) in [5.41, 5.74) is -0.610. The van der Waals surface area contributed by atoms with E-state index < -0.39 is 11.2 Å². The first-order valence-electron chi connectivity index (χ1n) is 7.61. The lowest BCUT2D eigenvalue weighted by Gasteiger charge is -2.32. The van der Waals surface area contributed by atoms with E-state index in [1.165, 1.54) is 13.2 Å². The minimum Gasteiger partial charge on any atom is -0.348 e. The molecule has 1 saturated heterocycles. The van der Waals surface area contributed by atoms with Crippen molar-refractivity contribution in [3.63, 3.8) is 0 Å². The van der Waals surface area contributed by atoms with E-state index in [9.17, 15) is 14.4 Å². The molecule has 8 nitrogen and oxygen atoms in total.